The molecule has 2 N–H and O–H groups in total. The van der Waals surface area contributed by atoms with E-state index in [1.807, 2.05) is 0 Å². The SMILES string of the molecule is O=c1[nH]c(Cl)nc2c1ccn2CCO. The van der Waals surface area contributed by atoms with E-state index in [-0.39, 0.29) is 17.4 Å². The number of halogens is 1. The second-order valence-electron chi connectivity index (χ2n) is 2.83. The quantitative estimate of drug-likeness (QED) is 0.708. The number of aromatic nitrogens is 3. The van der Waals surface area contributed by atoms with Crippen LogP contribution in [0.25, 0.3) is 11.0 Å². The average Bonchev–Trinajstić information content (AvgIpc) is 2.49. The molecule has 6 heteroatoms. The highest BCUT2D eigenvalue weighted by Crippen LogP contribution is 2.10. The highest BCUT2D eigenvalue weighted by molar-refractivity contribution is 6.28. The summed E-state index contributed by atoms with van der Waals surface area (Å²) < 4.78 is 1.68. The summed E-state index contributed by atoms with van der Waals surface area (Å²) in [5, 5.41) is 9.30. The van der Waals surface area contributed by atoms with E-state index in [1.165, 1.54) is 0 Å². The molecule has 0 atom stereocenters. The van der Waals surface area contributed by atoms with Crippen LogP contribution in [0.1, 0.15) is 0 Å². The minimum Gasteiger partial charge on any atom is -0.395 e. The second kappa shape index (κ2) is 3.43. The monoisotopic (exact) mass is 213 g/mol. The Hall–Kier alpha value is -1.33. The molecule has 0 aliphatic carbocycles. The van der Waals surface area contributed by atoms with Crippen molar-refractivity contribution in [1.29, 1.82) is 0 Å². The standard InChI is InChI=1S/C8H8ClN3O2/c9-8-10-6-5(7(14)11-8)1-2-12(6)3-4-13/h1-2,13H,3-4H2,(H,10,11,14). The number of nitrogens with one attached hydrogen (secondary N) is 1. The third-order valence-corrected chi connectivity index (χ3v) is 2.12. The van der Waals surface area contributed by atoms with Gasteiger partial charge in [-0.05, 0) is 17.7 Å². The van der Waals surface area contributed by atoms with Gasteiger partial charge in [0.25, 0.3) is 5.56 Å². The summed E-state index contributed by atoms with van der Waals surface area (Å²) in [6.07, 6.45) is 1.69. The molecule has 0 aliphatic heterocycles. The lowest BCUT2D eigenvalue weighted by Crippen LogP contribution is -2.09. The summed E-state index contributed by atoms with van der Waals surface area (Å²) in [4.78, 5) is 17.7. The van der Waals surface area contributed by atoms with Gasteiger partial charge in [0.1, 0.15) is 5.65 Å². The summed E-state index contributed by atoms with van der Waals surface area (Å²) in [6, 6.07) is 1.65. The van der Waals surface area contributed by atoms with Crippen molar-refractivity contribution in [2.24, 2.45) is 0 Å². The topological polar surface area (TPSA) is 70.9 Å². The maximum Gasteiger partial charge on any atom is 0.261 e. The lowest BCUT2D eigenvalue weighted by molar-refractivity contribution is 0.278. The Kier molecular flexibility index (Phi) is 2.26. The van der Waals surface area contributed by atoms with Gasteiger partial charge in [-0.3, -0.25) is 9.78 Å². The average molecular weight is 214 g/mol. The largest absolute Gasteiger partial charge is 0.395 e. The Morgan fingerprint density at radius 1 is 1.64 bits per heavy atom. The van der Waals surface area contributed by atoms with Crippen molar-refractivity contribution in [2.45, 2.75) is 6.54 Å². The smallest absolute Gasteiger partial charge is 0.261 e. The van der Waals surface area contributed by atoms with Gasteiger partial charge in [-0.1, -0.05) is 0 Å². The summed E-state index contributed by atoms with van der Waals surface area (Å²) in [6.45, 7) is 0.395. The maximum atomic E-state index is 11.4. The summed E-state index contributed by atoms with van der Waals surface area (Å²) in [5.41, 5.74) is 0.226. The number of H-pyrrole nitrogens is 1. The molecule has 2 rings (SSSR count). The van der Waals surface area contributed by atoms with Crippen LogP contribution in [0.3, 0.4) is 0 Å². The number of fused-ring (bicyclic) bond motifs is 1. The fourth-order valence-corrected chi connectivity index (χ4v) is 1.50. The van der Waals surface area contributed by atoms with Crippen LogP contribution >= 0.6 is 11.6 Å². The molecular formula is C8H8ClN3O2. The zero-order valence-corrected chi connectivity index (χ0v) is 7.95. The summed E-state index contributed by atoms with van der Waals surface area (Å²) in [5.74, 6) is 0. The number of hydrogen-bond donors (Lipinski definition) is 2. The molecule has 14 heavy (non-hydrogen) atoms. The molecule has 0 unspecified atom stereocenters. The van der Waals surface area contributed by atoms with Crippen LogP contribution in [0.5, 0.6) is 0 Å². The molecule has 0 saturated heterocycles. The zero-order chi connectivity index (χ0) is 10.1. The van der Waals surface area contributed by atoms with Gasteiger partial charge < -0.3 is 9.67 Å². The first-order valence-electron chi connectivity index (χ1n) is 4.08. The Morgan fingerprint density at radius 2 is 2.43 bits per heavy atom. The van der Waals surface area contributed by atoms with E-state index >= 15 is 0 Å². The van der Waals surface area contributed by atoms with Gasteiger partial charge in [0.2, 0.25) is 5.28 Å². The molecule has 0 aliphatic rings. The lowest BCUT2D eigenvalue weighted by Gasteiger charge is -2.00. The highest BCUT2D eigenvalue weighted by atomic mass is 35.5. The van der Waals surface area contributed by atoms with E-state index in [9.17, 15) is 4.79 Å². The van der Waals surface area contributed by atoms with E-state index in [0.717, 1.165) is 0 Å². The van der Waals surface area contributed by atoms with Crippen molar-refractivity contribution >= 4 is 22.6 Å². The van der Waals surface area contributed by atoms with Crippen molar-refractivity contribution < 1.29 is 5.11 Å². The molecule has 0 amide bonds. The third kappa shape index (κ3) is 1.40. The molecule has 0 radical (unpaired) electrons. The van der Waals surface area contributed by atoms with Crippen LogP contribution in [-0.2, 0) is 6.54 Å². The van der Waals surface area contributed by atoms with E-state index in [2.05, 4.69) is 9.97 Å². The maximum absolute atomic E-state index is 11.4. The number of aliphatic hydroxyl groups is 1. The Morgan fingerprint density at radius 3 is 3.14 bits per heavy atom. The molecule has 2 aromatic rings. The predicted octanol–water partition coefficient (Wildman–Crippen LogP) is 0.370. The first-order chi connectivity index (χ1) is 6.72. The van der Waals surface area contributed by atoms with Crippen molar-refractivity contribution in [3.05, 3.63) is 27.9 Å². The van der Waals surface area contributed by atoms with Crippen molar-refractivity contribution in [3.63, 3.8) is 0 Å². The van der Waals surface area contributed by atoms with Gasteiger partial charge in [0.05, 0.1) is 12.0 Å². The first kappa shape index (κ1) is 9.23. The molecule has 5 nitrogen and oxygen atoms in total. The van der Waals surface area contributed by atoms with Gasteiger partial charge in [-0.2, -0.15) is 0 Å². The van der Waals surface area contributed by atoms with Gasteiger partial charge in [0.15, 0.2) is 0 Å². The zero-order valence-electron chi connectivity index (χ0n) is 7.20. The van der Waals surface area contributed by atoms with Crippen LogP contribution in [0.4, 0.5) is 0 Å². The van der Waals surface area contributed by atoms with E-state index in [4.69, 9.17) is 16.7 Å². The fourth-order valence-electron chi connectivity index (χ4n) is 1.34. The Balaban J connectivity index is 2.72. The molecule has 2 heterocycles. The fraction of sp³-hybridized carbons (Fsp3) is 0.250. The van der Waals surface area contributed by atoms with E-state index in [0.29, 0.717) is 17.6 Å². The van der Waals surface area contributed by atoms with Crippen molar-refractivity contribution in [2.75, 3.05) is 6.61 Å². The number of aromatic amines is 1. The summed E-state index contributed by atoms with van der Waals surface area (Å²) >= 11 is 5.61. The minimum absolute atomic E-state index is 0.00409. The normalized spacial score (nSPS) is 11.0. The van der Waals surface area contributed by atoms with E-state index < -0.39 is 0 Å². The van der Waals surface area contributed by atoms with Gasteiger partial charge in [-0.25, -0.2) is 4.98 Å². The molecule has 0 bridgehead atoms. The van der Waals surface area contributed by atoms with E-state index in [1.54, 1.807) is 16.8 Å². The molecular weight excluding hydrogens is 206 g/mol. The number of hydrogen-bond acceptors (Lipinski definition) is 3. The van der Waals surface area contributed by atoms with Crippen molar-refractivity contribution in [3.8, 4) is 0 Å². The number of aliphatic hydroxyl groups excluding tert-OH is 1. The molecule has 0 aromatic carbocycles. The third-order valence-electron chi connectivity index (χ3n) is 1.94. The number of nitrogens with zero attached hydrogens (tertiary/aromatic N) is 2. The van der Waals surface area contributed by atoms with Gasteiger partial charge >= 0.3 is 0 Å². The second-order valence-corrected chi connectivity index (χ2v) is 3.18. The van der Waals surface area contributed by atoms with Crippen LogP contribution in [0.15, 0.2) is 17.1 Å². The minimum atomic E-state index is -0.267. The van der Waals surface area contributed by atoms with Crippen LogP contribution in [0, 0.1) is 0 Å². The highest BCUT2D eigenvalue weighted by Gasteiger charge is 2.06. The first-order valence-corrected chi connectivity index (χ1v) is 4.45. The van der Waals surface area contributed by atoms with Gasteiger partial charge in [0, 0.05) is 12.7 Å². The molecule has 2 aromatic heterocycles. The van der Waals surface area contributed by atoms with Gasteiger partial charge in [-0.15, -0.1) is 0 Å². The van der Waals surface area contributed by atoms with Crippen LogP contribution in [-0.4, -0.2) is 26.2 Å². The molecule has 0 saturated carbocycles. The van der Waals surface area contributed by atoms with Crippen LogP contribution in [0.2, 0.25) is 5.28 Å². The lowest BCUT2D eigenvalue weighted by atomic mass is 10.4. The number of rotatable bonds is 2. The Labute approximate surface area is 84.0 Å². The Bertz CT molecular complexity index is 517. The van der Waals surface area contributed by atoms with Crippen molar-refractivity contribution in [1.82, 2.24) is 14.5 Å². The van der Waals surface area contributed by atoms with Crippen LogP contribution < -0.4 is 5.56 Å². The predicted molar refractivity (Wildman–Crippen MR) is 52.4 cm³/mol. The molecule has 0 fully saturated rings. The molecule has 74 valence electrons. The summed E-state index contributed by atoms with van der Waals surface area (Å²) in [7, 11) is 0. The molecule has 0 spiro atoms.